The van der Waals surface area contributed by atoms with Crippen LogP contribution in [-0.4, -0.2) is 19.5 Å². The SMILES string of the molecule is CC#CCCNC(CN)c1cccc(OC(F)(F)F)c1. The molecule has 0 heterocycles. The van der Waals surface area contributed by atoms with Gasteiger partial charge in [-0.3, -0.25) is 0 Å². The summed E-state index contributed by atoms with van der Waals surface area (Å²) in [6.07, 6.45) is -4.03. The summed E-state index contributed by atoms with van der Waals surface area (Å²) in [4.78, 5) is 0. The van der Waals surface area contributed by atoms with Crippen molar-refractivity contribution in [1.82, 2.24) is 5.32 Å². The van der Waals surface area contributed by atoms with Crippen molar-refractivity contribution in [3.63, 3.8) is 0 Å². The van der Waals surface area contributed by atoms with E-state index in [1.54, 1.807) is 13.0 Å². The molecule has 6 heteroatoms. The number of halogens is 3. The van der Waals surface area contributed by atoms with Crippen LogP contribution in [0.1, 0.15) is 24.9 Å². The van der Waals surface area contributed by atoms with Gasteiger partial charge in [-0.2, -0.15) is 0 Å². The molecule has 0 radical (unpaired) electrons. The van der Waals surface area contributed by atoms with Crippen LogP contribution >= 0.6 is 0 Å². The fraction of sp³-hybridized carbons (Fsp3) is 0.429. The second kappa shape index (κ2) is 7.78. The van der Waals surface area contributed by atoms with Gasteiger partial charge >= 0.3 is 6.36 Å². The molecular formula is C14H17F3N2O. The molecule has 1 unspecified atom stereocenters. The van der Waals surface area contributed by atoms with E-state index in [4.69, 9.17) is 5.73 Å². The third-order valence-electron chi connectivity index (χ3n) is 2.55. The predicted octanol–water partition coefficient (Wildman–Crippen LogP) is 2.59. The molecule has 0 aliphatic heterocycles. The summed E-state index contributed by atoms with van der Waals surface area (Å²) in [7, 11) is 0. The van der Waals surface area contributed by atoms with Gasteiger partial charge in [-0.05, 0) is 24.6 Å². The third kappa shape index (κ3) is 5.95. The number of rotatable bonds is 6. The van der Waals surface area contributed by atoms with Crippen LogP contribution in [0.15, 0.2) is 24.3 Å². The smallest absolute Gasteiger partial charge is 0.406 e. The predicted molar refractivity (Wildman–Crippen MR) is 71.0 cm³/mol. The van der Waals surface area contributed by atoms with Crippen molar-refractivity contribution >= 4 is 0 Å². The number of nitrogens with two attached hydrogens (primary N) is 1. The number of nitrogens with one attached hydrogen (secondary N) is 1. The molecule has 20 heavy (non-hydrogen) atoms. The van der Waals surface area contributed by atoms with Gasteiger partial charge in [0.2, 0.25) is 0 Å². The zero-order chi connectivity index (χ0) is 15.0. The van der Waals surface area contributed by atoms with E-state index in [2.05, 4.69) is 21.9 Å². The van der Waals surface area contributed by atoms with Crippen LogP contribution in [0.2, 0.25) is 0 Å². The normalized spacial score (nSPS) is 12.4. The largest absolute Gasteiger partial charge is 0.573 e. The lowest BCUT2D eigenvalue weighted by Crippen LogP contribution is -2.29. The van der Waals surface area contributed by atoms with Crippen molar-refractivity contribution in [2.75, 3.05) is 13.1 Å². The van der Waals surface area contributed by atoms with Crippen LogP contribution in [0.4, 0.5) is 13.2 Å². The Hall–Kier alpha value is -1.71. The number of benzene rings is 1. The van der Waals surface area contributed by atoms with Gasteiger partial charge < -0.3 is 15.8 Å². The zero-order valence-electron chi connectivity index (χ0n) is 11.1. The fourth-order valence-corrected chi connectivity index (χ4v) is 1.70. The maximum Gasteiger partial charge on any atom is 0.573 e. The van der Waals surface area contributed by atoms with Gasteiger partial charge in [-0.1, -0.05) is 12.1 Å². The Bertz CT molecular complexity index is 477. The highest BCUT2D eigenvalue weighted by molar-refractivity contribution is 5.31. The van der Waals surface area contributed by atoms with Crippen molar-refractivity contribution in [2.45, 2.75) is 25.7 Å². The lowest BCUT2D eigenvalue weighted by molar-refractivity contribution is -0.274. The average molecular weight is 286 g/mol. The van der Waals surface area contributed by atoms with Gasteiger partial charge in [0, 0.05) is 25.6 Å². The van der Waals surface area contributed by atoms with E-state index in [9.17, 15) is 13.2 Å². The second-order valence-corrected chi connectivity index (χ2v) is 4.04. The molecule has 3 N–H and O–H groups in total. The Morgan fingerprint density at radius 3 is 2.75 bits per heavy atom. The fourth-order valence-electron chi connectivity index (χ4n) is 1.70. The molecule has 0 aromatic heterocycles. The lowest BCUT2D eigenvalue weighted by Gasteiger charge is -2.18. The Balaban J connectivity index is 2.71. The molecule has 0 fully saturated rings. The van der Waals surface area contributed by atoms with E-state index in [1.807, 2.05) is 0 Å². The van der Waals surface area contributed by atoms with Crippen molar-refractivity contribution < 1.29 is 17.9 Å². The Labute approximate surface area is 116 Å². The third-order valence-corrected chi connectivity index (χ3v) is 2.55. The van der Waals surface area contributed by atoms with Crippen LogP contribution in [0, 0.1) is 11.8 Å². The summed E-state index contributed by atoms with van der Waals surface area (Å²) in [6.45, 7) is 2.64. The van der Waals surface area contributed by atoms with Crippen LogP contribution in [0.25, 0.3) is 0 Å². The monoisotopic (exact) mass is 286 g/mol. The summed E-state index contributed by atoms with van der Waals surface area (Å²) >= 11 is 0. The van der Waals surface area contributed by atoms with Crippen molar-refractivity contribution in [1.29, 1.82) is 0 Å². The minimum absolute atomic E-state index is 0.231. The first-order chi connectivity index (χ1) is 9.46. The van der Waals surface area contributed by atoms with Gasteiger partial charge in [0.15, 0.2) is 0 Å². The molecule has 0 saturated carbocycles. The second-order valence-electron chi connectivity index (χ2n) is 4.04. The van der Waals surface area contributed by atoms with E-state index in [1.165, 1.54) is 18.2 Å². The first-order valence-corrected chi connectivity index (χ1v) is 6.15. The molecule has 0 aliphatic carbocycles. The van der Waals surface area contributed by atoms with E-state index >= 15 is 0 Å². The van der Waals surface area contributed by atoms with Gasteiger partial charge in [0.05, 0.1) is 0 Å². The van der Waals surface area contributed by atoms with E-state index in [0.29, 0.717) is 18.5 Å². The molecule has 1 atom stereocenters. The van der Waals surface area contributed by atoms with Crippen molar-refractivity contribution in [3.8, 4) is 17.6 Å². The van der Waals surface area contributed by atoms with Gasteiger partial charge in [-0.25, -0.2) is 0 Å². The van der Waals surface area contributed by atoms with Crippen LogP contribution in [0.3, 0.4) is 0 Å². The molecule has 1 aromatic carbocycles. The summed E-state index contributed by atoms with van der Waals surface area (Å²) in [5.74, 6) is 5.42. The number of hydrogen-bond acceptors (Lipinski definition) is 3. The minimum atomic E-state index is -4.69. The van der Waals surface area contributed by atoms with E-state index < -0.39 is 6.36 Å². The Kier molecular flexibility index (Phi) is 6.36. The van der Waals surface area contributed by atoms with Crippen molar-refractivity contribution in [2.24, 2.45) is 5.73 Å². The Morgan fingerprint density at radius 2 is 2.15 bits per heavy atom. The highest BCUT2D eigenvalue weighted by Gasteiger charge is 2.31. The molecule has 0 saturated heterocycles. The highest BCUT2D eigenvalue weighted by atomic mass is 19.4. The molecule has 110 valence electrons. The molecule has 0 spiro atoms. The molecule has 1 rings (SSSR count). The Morgan fingerprint density at radius 1 is 1.40 bits per heavy atom. The molecule has 0 bridgehead atoms. The van der Waals surface area contributed by atoms with Gasteiger partial charge in [0.1, 0.15) is 5.75 Å². The number of alkyl halides is 3. The van der Waals surface area contributed by atoms with Crippen LogP contribution < -0.4 is 15.8 Å². The zero-order valence-corrected chi connectivity index (χ0v) is 11.1. The summed E-state index contributed by atoms with van der Waals surface area (Å²) < 4.78 is 40.4. The number of ether oxygens (including phenoxy) is 1. The summed E-state index contributed by atoms with van der Waals surface area (Å²) in [5.41, 5.74) is 6.29. The summed E-state index contributed by atoms with van der Waals surface area (Å²) in [6, 6.07) is 5.58. The quantitative estimate of drug-likeness (QED) is 0.624. The maximum absolute atomic E-state index is 12.2. The highest BCUT2D eigenvalue weighted by Crippen LogP contribution is 2.25. The topological polar surface area (TPSA) is 47.3 Å². The lowest BCUT2D eigenvalue weighted by atomic mass is 10.1. The number of hydrogen-bond donors (Lipinski definition) is 2. The van der Waals surface area contributed by atoms with E-state index in [-0.39, 0.29) is 18.3 Å². The van der Waals surface area contributed by atoms with Gasteiger partial charge in [0.25, 0.3) is 0 Å². The summed E-state index contributed by atoms with van der Waals surface area (Å²) in [5, 5.41) is 3.15. The molecule has 0 aliphatic rings. The van der Waals surface area contributed by atoms with Crippen molar-refractivity contribution in [3.05, 3.63) is 29.8 Å². The van der Waals surface area contributed by atoms with Crippen LogP contribution in [0.5, 0.6) is 5.75 Å². The first kappa shape index (κ1) is 16.3. The standard InChI is InChI=1S/C14H17F3N2O/c1-2-3-4-8-19-13(10-18)11-6-5-7-12(9-11)20-14(15,16)17/h5-7,9,13,19H,4,8,10,18H2,1H3. The molecule has 1 aromatic rings. The average Bonchev–Trinajstić information content (AvgIpc) is 2.37. The molecule has 3 nitrogen and oxygen atoms in total. The van der Waals surface area contributed by atoms with Gasteiger partial charge in [-0.15, -0.1) is 25.0 Å². The van der Waals surface area contributed by atoms with E-state index in [0.717, 1.165) is 0 Å². The maximum atomic E-state index is 12.2. The molecular weight excluding hydrogens is 269 g/mol. The molecule has 0 amide bonds. The van der Waals surface area contributed by atoms with Crippen LogP contribution in [-0.2, 0) is 0 Å². The first-order valence-electron chi connectivity index (χ1n) is 6.15. The minimum Gasteiger partial charge on any atom is -0.406 e.